The second-order valence-electron chi connectivity index (χ2n) is 7.56. The van der Waals surface area contributed by atoms with Gasteiger partial charge >= 0.3 is 0 Å². The fourth-order valence-electron chi connectivity index (χ4n) is 4.14. The lowest BCUT2D eigenvalue weighted by atomic mass is 10.1. The highest BCUT2D eigenvalue weighted by Crippen LogP contribution is 2.34. The lowest BCUT2D eigenvalue weighted by Gasteiger charge is -2.27. The molecule has 2 aromatic rings. The molecule has 1 unspecified atom stereocenters. The second kappa shape index (κ2) is 8.66. The first-order chi connectivity index (χ1) is 14.2. The van der Waals surface area contributed by atoms with E-state index in [9.17, 15) is 9.59 Å². The maximum absolute atomic E-state index is 12.9. The molecule has 2 heterocycles. The number of rotatable bonds is 7. The van der Waals surface area contributed by atoms with Gasteiger partial charge in [0.15, 0.2) is 0 Å². The minimum Gasteiger partial charge on any atom is -0.385 e. The Labute approximate surface area is 171 Å². The molecule has 2 aromatic carbocycles. The number of hydrogen-bond donors (Lipinski definition) is 1. The lowest BCUT2D eigenvalue weighted by Crippen LogP contribution is -2.33. The molecule has 2 amide bonds. The molecule has 1 saturated heterocycles. The molecule has 1 atom stereocenters. The molecule has 0 aliphatic carbocycles. The second-order valence-corrected chi connectivity index (χ2v) is 7.56. The van der Waals surface area contributed by atoms with Crippen molar-refractivity contribution in [2.24, 2.45) is 0 Å². The molecule has 0 aromatic heterocycles. The Morgan fingerprint density at radius 1 is 1.14 bits per heavy atom. The zero-order valence-electron chi connectivity index (χ0n) is 16.8. The van der Waals surface area contributed by atoms with Gasteiger partial charge < -0.3 is 19.9 Å². The predicted octanol–water partition coefficient (Wildman–Crippen LogP) is 3.53. The summed E-state index contributed by atoms with van der Waals surface area (Å²) in [4.78, 5) is 29.4. The summed E-state index contributed by atoms with van der Waals surface area (Å²) < 4.78 is 5.16. The number of hydrogen-bond acceptors (Lipinski definition) is 4. The third kappa shape index (κ3) is 3.98. The Bertz CT molecular complexity index is 892. The van der Waals surface area contributed by atoms with Crippen LogP contribution in [-0.4, -0.2) is 55.0 Å². The van der Waals surface area contributed by atoms with Crippen LogP contribution in [0.15, 0.2) is 48.5 Å². The van der Waals surface area contributed by atoms with Gasteiger partial charge in [-0.15, -0.1) is 0 Å². The molecule has 29 heavy (non-hydrogen) atoms. The minimum atomic E-state index is -0.257. The first-order valence-electron chi connectivity index (χ1n) is 10.2. The molecular weight excluding hydrogens is 366 g/mol. The number of carbonyl (C=O) groups is 2. The van der Waals surface area contributed by atoms with Crippen LogP contribution in [0.3, 0.4) is 0 Å². The molecule has 0 saturated carbocycles. The average molecular weight is 393 g/mol. The number of anilines is 1. The number of carbonyl (C=O) groups excluding carboxylic acids is 2. The van der Waals surface area contributed by atoms with E-state index in [0.717, 1.165) is 49.2 Å². The Hall–Kier alpha value is -2.86. The largest absolute Gasteiger partial charge is 0.385 e. The first-order valence-corrected chi connectivity index (χ1v) is 10.2. The molecule has 1 N–H and O–H groups in total. The molecule has 152 valence electrons. The summed E-state index contributed by atoms with van der Waals surface area (Å²) in [5, 5.41) is 3.48. The van der Waals surface area contributed by atoms with Gasteiger partial charge in [-0.25, -0.2) is 0 Å². The van der Waals surface area contributed by atoms with Crippen LogP contribution in [0.5, 0.6) is 0 Å². The molecule has 6 nitrogen and oxygen atoms in total. The van der Waals surface area contributed by atoms with Crippen molar-refractivity contribution < 1.29 is 14.3 Å². The summed E-state index contributed by atoms with van der Waals surface area (Å²) in [5.41, 5.74) is 3.21. The van der Waals surface area contributed by atoms with Gasteiger partial charge in [-0.05, 0) is 43.5 Å². The fourth-order valence-corrected chi connectivity index (χ4v) is 4.14. The lowest BCUT2D eigenvalue weighted by molar-refractivity contribution is 0.0720. The SMILES string of the molecule is COCCCN1C(=O)c2ccccc2C1Nc1cccc(C(=O)N2CCCC2)c1. The average Bonchev–Trinajstić information content (AvgIpc) is 3.37. The van der Waals surface area contributed by atoms with Crippen molar-refractivity contribution >= 4 is 17.5 Å². The number of nitrogens with zero attached hydrogens (tertiary/aromatic N) is 2. The van der Waals surface area contributed by atoms with Crippen molar-refractivity contribution in [1.82, 2.24) is 9.80 Å². The Balaban J connectivity index is 1.57. The van der Waals surface area contributed by atoms with Crippen LogP contribution in [0, 0.1) is 0 Å². The number of fused-ring (bicyclic) bond motifs is 1. The number of benzene rings is 2. The number of methoxy groups -OCH3 is 1. The molecule has 0 bridgehead atoms. The number of likely N-dealkylation sites (tertiary alicyclic amines) is 1. The minimum absolute atomic E-state index is 0.0264. The van der Waals surface area contributed by atoms with E-state index in [1.807, 2.05) is 58.3 Å². The summed E-state index contributed by atoms with van der Waals surface area (Å²) in [6.07, 6.45) is 2.65. The van der Waals surface area contributed by atoms with E-state index in [0.29, 0.717) is 18.7 Å². The van der Waals surface area contributed by atoms with Gasteiger partial charge in [0.2, 0.25) is 0 Å². The van der Waals surface area contributed by atoms with Crippen molar-refractivity contribution in [3.05, 3.63) is 65.2 Å². The Kier molecular flexibility index (Phi) is 5.81. The van der Waals surface area contributed by atoms with E-state index in [4.69, 9.17) is 4.74 Å². The van der Waals surface area contributed by atoms with Crippen LogP contribution < -0.4 is 5.32 Å². The third-order valence-electron chi connectivity index (χ3n) is 5.61. The van der Waals surface area contributed by atoms with Crippen LogP contribution in [0.4, 0.5) is 5.69 Å². The molecule has 2 aliphatic rings. The first kappa shape index (κ1) is 19.5. The van der Waals surface area contributed by atoms with Gasteiger partial charge in [0.1, 0.15) is 6.17 Å². The summed E-state index contributed by atoms with van der Waals surface area (Å²) in [7, 11) is 1.67. The molecule has 1 fully saturated rings. The number of amides is 2. The Morgan fingerprint density at radius 3 is 2.72 bits per heavy atom. The van der Waals surface area contributed by atoms with E-state index in [2.05, 4.69) is 5.32 Å². The van der Waals surface area contributed by atoms with Gasteiger partial charge in [0, 0.05) is 55.7 Å². The van der Waals surface area contributed by atoms with Crippen molar-refractivity contribution in [1.29, 1.82) is 0 Å². The normalized spacial score (nSPS) is 18.2. The van der Waals surface area contributed by atoms with E-state index in [1.54, 1.807) is 7.11 Å². The highest BCUT2D eigenvalue weighted by molar-refractivity contribution is 5.99. The highest BCUT2D eigenvalue weighted by atomic mass is 16.5. The van der Waals surface area contributed by atoms with Crippen LogP contribution in [0.2, 0.25) is 0 Å². The van der Waals surface area contributed by atoms with Crippen LogP contribution >= 0.6 is 0 Å². The zero-order chi connectivity index (χ0) is 20.2. The van der Waals surface area contributed by atoms with Crippen molar-refractivity contribution in [3.63, 3.8) is 0 Å². The topological polar surface area (TPSA) is 61.9 Å². The van der Waals surface area contributed by atoms with Crippen molar-refractivity contribution in [2.45, 2.75) is 25.4 Å². The summed E-state index contributed by atoms with van der Waals surface area (Å²) >= 11 is 0. The highest BCUT2D eigenvalue weighted by Gasteiger charge is 2.36. The van der Waals surface area contributed by atoms with E-state index >= 15 is 0 Å². The number of ether oxygens (including phenoxy) is 1. The maximum Gasteiger partial charge on any atom is 0.256 e. The summed E-state index contributed by atoms with van der Waals surface area (Å²) in [5.74, 6) is 0.101. The molecule has 2 aliphatic heterocycles. The Morgan fingerprint density at radius 2 is 1.93 bits per heavy atom. The molecule has 4 rings (SSSR count). The standard InChI is InChI=1S/C23H27N3O3/c1-29-15-7-14-26-21(19-10-2-3-11-20(19)23(26)28)24-18-9-6-8-17(16-18)22(27)25-12-4-5-13-25/h2-3,6,8-11,16,21,24H,4-5,7,12-15H2,1H3. The van der Waals surface area contributed by atoms with Crippen LogP contribution in [0.1, 0.15) is 51.7 Å². The van der Waals surface area contributed by atoms with Gasteiger partial charge in [-0.1, -0.05) is 24.3 Å². The maximum atomic E-state index is 12.9. The van der Waals surface area contributed by atoms with E-state index in [-0.39, 0.29) is 18.0 Å². The fraction of sp³-hybridized carbons (Fsp3) is 0.391. The zero-order valence-corrected chi connectivity index (χ0v) is 16.8. The van der Waals surface area contributed by atoms with Gasteiger partial charge in [-0.3, -0.25) is 9.59 Å². The van der Waals surface area contributed by atoms with Gasteiger partial charge in [0.05, 0.1) is 0 Å². The molecule has 6 heteroatoms. The third-order valence-corrected chi connectivity index (χ3v) is 5.61. The molecular formula is C23H27N3O3. The smallest absolute Gasteiger partial charge is 0.256 e. The van der Waals surface area contributed by atoms with E-state index < -0.39 is 0 Å². The van der Waals surface area contributed by atoms with Gasteiger partial charge in [0.25, 0.3) is 11.8 Å². The molecule has 0 radical (unpaired) electrons. The van der Waals surface area contributed by atoms with Crippen LogP contribution in [0.25, 0.3) is 0 Å². The van der Waals surface area contributed by atoms with E-state index in [1.165, 1.54) is 0 Å². The quantitative estimate of drug-likeness (QED) is 0.731. The van der Waals surface area contributed by atoms with Crippen LogP contribution in [-0.2, 0) is 4.74 Å². The predicted molar refractivity (Wildman–Crippen MR) is 112 cm³/mol. The monoisotopic (exact) mass is 393 g/mol. The summed E-state index contributed by atoms with van der Waals surface area (Å²) in [6.45, 7) is 2.86. The van der Waals surface area contributed by atoms with Gasteiger partial charge in [-0.2, -0.15) is 0 Å². The summed E-state index contributed by atoms with van der Waals surface area (Å²) in [6, 6.07) is 15.3. The van der Waals surface area contributed by atoms with Crippen molar-refractivity contribution in [2.75, 3.05) is 38.7 Å². The van der Waals surface area contributed by atoms with Crippen molar-refractivity contribution in [3.8, 4) is 0 Å². The molecule has 0 spiro atoms. The number of nitrogens with one attached hydrogen (secondary N) is 1.